The van der Waals surface area contributed by atoms with Crippen LogP contribution in [0.1, 0.15) is 64.2 Å². The molecule has 0 atom stereocenters. The Morgan fingerprint density at radius 3 is 2.00 bits per heavy atom. The number of nitrogens with zero attached hydrogens (tertiary/aromatic N) is 1. The molecule has 1 aliphatic heterocycles. The Bertz CT molecular complexity index is 386. The first-order chi connectivity index (χ1) is 9.95. The van der Waals surface area contributed by atoms with Crippen LogP contribution in [-0.4, -0.2) is 26.1 Å². The third kappa shape index (κ3) is 6.72. The van der Waals surface area contributed by atoms with Crippen molar-refractivity contribution in [3.8, 4) is 0 Å². The first-order valence-corrected chi connectivity index (χ1v) is 9.93. The first kappa shape index (κ1) is 15.8. The van der Waals surface area contributed by atoms with E-state index in [-0.39, 0.29) is 0 Å². The quantitative estimate of drug-likeness (QED) is 0.713. The number of hydrogen-bond donors (Lipinski definition) is 0. The summed E-state index contributed by atoms with van der Waals surface area (Å²) in [6.07, 6.45) is 13.8. The molecule has 110 valence electrons. The van der Waals surface area contributed by atoms with Crippen LogP contribution in [0.5, 0.6) is 0 Å². The molecule has 0 fully saturated rings. The van der Waals surface area contributed by atoms with E-state index in [1.54, 1.807) is 0 Å². The molecular weight excluding hydrogens is 309 g/mol. The Morgan fingerprint density at radius 1 is 0.700 bits per heavy atom. The van der Waals surface area contributed by atoms with Gasteiger partial charge in [0.05, 0.1) is 0 Å². The van der Waals surface area contributed by atoms with Crippen molar-refractivity contribution in [2.24, 2.45) is 4.99 Å². The summed E-state index contributed by atoms with van der Waals surface area (Å²) in [4.78, 5) is 4.93. The Kier molecular flexibility index (Phi) is 8.04. The topological polar surface area (TPSA) is 12.4 Å². The van der Waals surface area contributed by atoms with E-state index in [9.17, 15) is 0 Å². The van der Waals surface area contributed by atoms with Crippen molar-refractivity contribution in [1.82, 2.24) is 0 Å². The summed E-state index contributed by atoms with van der Waals surface area (Å²) in [5.74, 6) is 0. The van der Waals surface area contributed by atoms with E-state index in [0.29, 0.717) is 15.0 Å². The van der Waals surface area contributed by atoms with Crippen molar-refractivity contribution in [2.75, 3.05) is 6.54 Å². The Balaban J connectivity index is 1.88. The van der Waals surface area contributed by atoms with E-state index < -0.39 is 0 Å². The minimum atomic E-state index is 0.446. The van der Waals surface area contributed by atoms with Gasteiger partial charge in [0.2, 0.25) is 0 Å². The standard InChI is InChI=1S/C18H27NSe/c1-2-4-6-11-15-18(19-16-12-7-5-3-1)20-17-13-9-8-10-14-17/h8-10,13-14H,1-7,11-12,15-16H2. The van der Waals surface area contributed by atoms with Crippen LogP contribution in [0, 0.1) is 0 Å². The van der Waals surface area contributed by atoms with Gasteiger partial charge in [-0.3, -0.25) is 0 Å². The zero-order chi connectivity index (χ0) is 13.9. The van der Waals surface area contributed by atoms with E-state index in [1.165, 1.54) is 73.3 Å². The van der Waals surface area contributed by atoms with E-state index >= 15 is 0 Å². The molecule has 0 N–H and O–H groups in total. The van der Waals surface area contributed by atoms with Crippen LogP contribution >= 0.6 is 0 Å². The van der Waals surface area contributed by atoms with Gasteiger partial charge in [0.15, 0.2) is 0 Å². The van der Waals surface area contributed by atoms with Gasteiger partial charge in [-0.05, 0) is 0 Å². The van der Waals surface area contributed by atoms with Crippen LogP contribution in [0.15, 0.2) is 35.3 Å². The van der Waals surface area contributed by atoms with Crippen molar-refractivity contribution in [3.05, 3.63) is 30.3 Å². The van der Waals surface area contributed by atoms with E-state index in [1.807, 2.05) is 0 Å². The molecule has 0 amide bonds. The zero-order valence-corrected chi connectivity index (χ0v) is 14.2. The third-order valence-corrected chi connectivity index (χ3v) is 6.07. The number of aliphatic imine (C=N–C) groups is 1. The molecule has 0 radical (unpaired) electrons. The van der Waals surface area contributed by atoms with Crippen LogP contribution in [0.2, 0.25) is 0 Å². The predicted octanol–water partition coefficient (Wildman–Crippen LogP) is 4.33. The Morgan fingerprint density at radius 2 is 1.30 bits per heavy atom. The molecule has 0 aliphatic carbocycles. The Hall–Kier alpha value is -0.591. The molecule has 1 nitrogen and oxygen atoms in total. The van der Waals surface area contributed by atoms with E-state index in [0.717, 1.165) is 6.54 Å². The van der Waals surface area contributed by atoms with E-state index in [4.69, 9.17) is 4.99 Å². The van der Waals surface area contributed by atoms with Gasteiger partial charge in [-0.25, -0.2) is 0 Å². The van der Waals surface area contributed by atoms with Gasteiger partial charge in [-0.15, -0.1) is 0 Å². The number of rotatable bonds is 2. The fourth-order valence-corrected chi connectivity index (χ4v) is 4.65. The Labute approximate surface area is 130 Å². The van der Waals surface area contributed by atoms with Gasteiger partial charge < -0.3 is 0 Å². The molecule has 1 heterocycles. The molecule has 1 aliphatic rings. The van der Waals surface area contributed by atoms with Crippen molar-refractivity contribution in [2.45, 2.75) is 64.2 Å². The minimum absolute atomic E-state index is 0.446. The molecule has 2 rings (SSSR count). The molecule has 0 saturated carbocycles. The summed E-state index contributed by atoms with van der Waals surface area (Å²) in [5, 5.41) is 0. The van der Waals surface area contributed by atoms with Crippen molar-refractivity contribution in [3.63, 3.8) is 0 Å². The van der Waals surface area contributed by atoms with Crippen LogP contribution < -0.4 is 4.46 Å². The van der Waals surface area contributed by atoms with Gasteiger partial charge in [-0.1, -0.05) is 0 Å². The van der Waals surface area contributed by atoms with Gasteiger partial charge in [0, 0.05) is 0 Å². The molecule has 1 aromatic rings. The molecule has 0 unspecified atom stereocenters. The summed E-state index contributed by atoms with van der Waals surface area (Å²) in [7, 11) is 0. The second-order valence-electron chi connectivity index (χ2n) is 5.62. The summed E-state index contributed by atoms with van der Waals surface area (Å²) >= 11 is 0.446. The summed E-state index contributed by atoms with van der Waals surface area (Å²) < 4.78 is 2.96. The second kappa shape index (κ2) is 10.2. The fraction of sp³-hybridized carbons (Fsp3) is 0.611. The zero-order valence-electron chi connectivity index (χ0n) is 12.5. The van der Waals surface area contributed by atoms with Gasteiger partial charge in [-0.2, -0.15) is 0 Å². The summed E-state index contributed by atoms with van der Waals surface area (Å²) in [5.41, 5.74) is 0. The van der Waals surface area contributed by atoms with Crippen LogP contribution in [0.25, 0.3) is 0 Å². The van der Waals surface area contributed by atoms with E-state index in [2.05, 4.69) is 30.3 Å². The second-order valence-corrected chi connectivity index (χ2v) is 8.03. The van der Waals surface area contributed by atoms with Gasteiger partial charge in [0.25, 0.3) is 0 Å². The normalized spacial score (nSPS) is 19.3. The monoisotopic (exact) mass is 337 g/mol. The summed E-state index contributed by atoms with van der Waals surface area (Å²) in [6.45, 7) is 1.06. The molecule has 1 aromatic carbocycles. The number of hydrogen-bond acceptors (Lipinski definition) is 1. The molecule has 0 saturated heterocycles. The molecule has 20 heavy (non-hydrogen) atoms. The maximum atomic E-state index is 4.93. The fourth-order valence-electron chi connectivity index (χ4n) is 2.62. The van der Waals surface area contributed by atoms with Gasteiger partial charge in [0.1, 0.15) is 0 Å². The van der Waals surface area contributed by atoms with Gasteiger partial charge >= 0.3 is 130 Å². The predicted molar refractivity (Wildman–Crippen MR) is 90.3 cm³/mol. The van der Waals surface area contributed by atoms with Crippen molar-refractivity contribution >= 4 is 24.0 Å². The molecule has 0 aromatic heterocycles. The van der Waals surface area contributed by atoms with Crippen LogP contribution in [-0.2, 0) is 0 Å². The van der Waals surface area contributed by atoms with Crippen LogP contribution in [0.3, 0.4) is 0 Å². The van der Waals surface area contributed by atoms with Crippen molar-refractivity contribution in [1.29, 1.82) is 0 Å². The molecule has 0 bridgehead atoms. The first-order valence-electron chi connectivity index (χ1n) is 8.21. The number of benzene rings is 1. The molecular formula is C18H27NSe. The van der Waals surface area contributed by atoms with Crippen LogP contribution in [0.4, 0.5) is 0 Å². The molecule has 0 spiro atoms. The summed E-state index contributed by atoms with van der Waals surface area (Å²) in [6, 6.07) is 10.9. The maximum absolute atomic E-state index is 4.93. The van der Waals surface area contributed by atoms with Crippen molar-refractivity contribution < 1.29 is 0 Å². The SMILES string of the molecule is c1ccc([Se]C2=NCCCCCCCCCCC2)cc1. The molecule has 2 heteroatoms. The third-order valence-electron chi connectivity index (χ3n) is 3.82. The average molecular weight is 336 g/mol. The average Bonchev–Trinajstić information content (AvgIpc) is 2.50.